The molecule has 0 bridgehead atoms. The molecule has 3 aromatic rings. The number of hydrogen-bond acceptors (Lipinski definition) is 3. The number of amides is 2. The van der Waals surface area contributed by atoms with Crippen LogP contribution in [0.15, 0.2) is 83.3 Å². The highest BCUT2D eigenvalue weighted by Gasteiger charge is 2.30. The quantitative estimate of drug-likeness (QED) is 0.222. The van der Waals surface area contributed by atoms with Gasteiger partial charge in [-0.25, -0.2) is 0 Å². The smallest absolute Gasteiger partial charge is 0.243 e. The van der Waals surface area contributed by atoms with Crippen molar-refractivity contribution in [1.82, 2.24) is 10.2 Å². The fraction of sp³-hybridized carbons (Fsp3) is 0.310. The molecule has 0 unspecified atom stereocenters. The molecule has 1 atom stereocenters. The zero-order valence-electron chi connectivity index (χ0n) is 20.5. The van der Waals surface area contributed by atoms with Crippen molar-refractivity contribution in [3.8, 4) is 0 Å². The highest BCUT2D eigenvalue weighted by molar-refractivity contribution is 9.10. The standard InChI is InChI=1S/C29H32BrClN2O2S/c1-2-3-15-32-29(35)27(18-22-9-5-4-6-10-22)33(19-23-11-7-13-25(30)16-23)28(34)21-36-20-24-12-8-14-26(31)17-24/h4-14,16-17,27H,2-3,15,18-21H2,1H3,(H,32,35)/t27-/m1/s1. The SMILES string of the molecule is CCCCNC(=O)[C@@H](Cc1ccccc1)N(Cc1cccc(Br)c1)C(=O)CSCc1cccc(Cl)c1. The van der Waals surface area contributed by atoms with Crippen molar-refractivity contribution in [2.75, 3.05) is 12.3 Å². The van der Waals surface area contributed by atoms with Gasteiger partial charge in [0.25, 0.3) is 0 Å². The Kier molecular flexibility index (Phi) is 11.9. The second-order valence-corrected chi connectivity index (χ2v) is 11.0. The van der Waals surface area contributed by atoms with Crippen molar-refractivity contribution in [3.05, 3.63) is 105 Å². The molecule has 0 saturated heterocycles. The molecule has 0 aliphatic carbocycles. The second kappa shape index (κ2) is 15.1. The van der Waals surface area contributed by atoms with Gasteiger partial charge in [-0.2, -0.15) is 0 Å². The zero-order chi connectivity index (χ0) is 25.8. The molecule has 0 fully saturated rings. The van der Waals surface area contributed by atoms with Crippen LogP contribution in [0.2, 0.25) is 5.02 Å². The van der Waals surface area contributed by atoms with Crippen LogP contribution in [0.5, 0.6) is 0 Å². The predicted molar refractivity (Wildman–Crippen MR) is 154 cm³/mol. The van der Waals surface area contributed by atoms with Gasteiger partial charge in [0, 0.05) is 34.8 Å². The first-order chi connectivity index (χ1) is 17.5. The van der Waals surface area contributed by atoms with E-state index in [2.05, 4.69) is 28.2 Å². The Bertz CT molecular complexity index is 1130. The van der Waals surface area contributed by atoms with E-state index in [1.54, 1.807) is 4.90 Å². The first-order valence-corrected chi connectivity index (χ1v) is 14.5. The number of unbranched alkanes of at least 4 members (excludes halogenated alkanes) is 1. The van der Waals surface area contributed by atoms with Gasteiger partial charge in [-0.15, -0.1) is 11.8 Å². The molecule has 36 heavy (non-hydrogen) atoms. The van der Waals surface area contributed by atoms with E-state index in [4.69, 9.17) is 11.6 Å². The molecule has 0 aliphatic heterocycles. The van der Waals surface area contributed by atoms with Gasteiger partial charge in [0.15, 0.2) is 0 Å². The van der Waals surface area contributed by atoms with Crippen LogP contribution in [-0.2, 0) is 28.3 Å². The van der Waals surface area contributed by atoms with Gasteiger partial charge in [-0.3, -0.25) is 9.59 Å². The van der Waals surface area contributed by atoms with Crippen molar-refractivity contribution in [2.45, 2.75) is 44.5 Å². The molecule has 0 spiro atoms. The lowest BCUT2D eigenvalue weighted by Crippen LogP contribution is -2.51. The van der Waals surface area contributed by atoms with Crippen molar-refractivity contribution >= 4 is 51.1 Å². The van der Waals surface area contributed by atoms with Gasteiger partial charge in [0.05, 0.1) is 5.75 Å². The van der Waals surface area contributed by atoms with Crippen LogP contribution in [0.4, 0.5) is 0 Å². The number of hydrogen-bond donors (Lipinski definition) is 1. The Balaban J connectivity index is 1.83. The minimum absolute atomic E-state index is 0.0615. The average molecular weight is 588 g/mol. The Morgan fingerprint density at radius 2 is 1.69 bits per heavy atom. The Hall–Kier alpha value is -2.28. The average Bonchev–Trinajstić information content (AvgIpc) is 2.87. The molecule has 0 heterocycles. The molecule has 190 valence electrons. The van der Waals surface area contributed by atoms with E-state index in [9.17, 15) is 9.59 Å². The lowest BCUT2D eigenvalue weighted by atomic mass is 10.0. The first-order valence-electron chi connectivity index (χ1n) is 12.1. The Morgan fingerprint density at radius 3 is 2.42 bits per heavy atom. The molecular weight excluding hydrogens is 556 g/mol. The van der Waals surface area contributed by atoms with E-state index in [0.29, 0.717) is 30.3 Å². The molecular formula is C29H32BrClN2O2S. The Labute approximate surface area is 231 Å². The summed E-state index contributed by atoms with van der Waals surface area (Å²) in [6.07, 6.45) is 2.35. The van der Waals surface area contributed by atoms with Gasteiger partial charge in [0.1, 0.15) is 6.04 Å². The highest BCUT2D eigenvalue weighted by atomic mass is 79.9. The molecule has 2 amide bonds. The highest BCUT2D eigenvalue weighted by Crippen LogP contribution is 2.21. The lowest BCUT2D eigenvalue weighted by molar-refractivity contribution is -0.139. The summed E-state index contributed by atoms with van der Waals surface area (Å²) >= 11 is 11.2. The number of benzene rings is 3. The maximum Gasteiger partial charge on any atom is 0.243 e. The summed E-state index contributed by atoms with van der Waals surface area (Å²) in [4.78, 5) is 28.8. The van der Waals surface area contributed by atoms with E-state index in [-0.39, 0.29) is 17.6 Å². The summed E-state index contributed by atoms with van der Waals surface area (Å²) in [6, 6.07) is 24.8. The van der Waals surface area contributed by atoms with E-state index in [1.807, 2.05) is 78.9 Å². The summed E-state index contributed by atoms with van der Waals surface area (Å²) in [6.45, 7) is 3.05. The third-order valence-electron chi connectivity index (χ3n) is 5.73. The second-order valence-electron chi connectivity index (χ2n) is 8.62. The first kappa shape index (κ1) is 28.3. The van der Waals surface area contributed by atoms with Crippen LogP contribution in [-0.4, -0.2) is 35.1 Å². The van der Waals surface area contributed by atoms with E-state index >= 15 is 0 Å². The molecule has 7 heteroatoms. The maximum absolute atomic E-state index is 13.6. The fourth-order valence-electron chi connectivity index (χ4n) is 3.86. The largest absolute Gasteiger partial charge is 0.354 e. The molecule has 0 saturated carbocycles. The van der Waals surface area contributed by atoms with Crippen LogP contribution < -0.4 is 5.32 Å². The van der Waals surface area contributed by atoms with Gasteiger partial charge in [0.2, 0.25) is 11.8 Å². The minimum atomic E-state index is -0.609. The van der Waals surface area contributed by atoms with Crippen LogP contribution in [0.25, 0.3) is 0 Å². The van der Waals surface area contributed by atoms with Gasteiger partial charge in [-0.1, -0.05) is 95.5 Å². The summed E-state index contributed by atoms with van der Waals surface area (Å²) in [5.74, 6) is 0.765. The molecule has 4 nitrogen and oxygen atoms in total. The van der Waals surface area contributed by atoms with E-state index in [0.717, 1.165) is 34.0 Å². The number of nitrogens with one attached hydrogen (secondary N) is 1. The van der Waals surface area contributed by atoms with Gasteiger partial charge >= 0.3 is 0 Å². The predicted octanol–water partition coefficient (Wildman–Crippen LogP) is 6.89. The summed E-state index contributed by atoms with van der Waals surface area (Å²) in [7, 11) is 0. The number of thioether (sulfide) groups is 1. The molecule has 3 rings (SSSR count). The minimum Gasteiger partial charge on any atom is -0.354 e. The van der Waals surface area contributed by atoms with E-state index < -0.39 is 6.04 Å². The van der Waals surface area contributed by atoms with Crippen LogP contribution in [0.1, 0.15) is 36.5 Å². The topological polar surface area (TPSA) is 49.4 Å². The van der Waals surface area contributed by atoms with Crippen LogP contribution >= 0.6 is 39.3 Å². The molecule has 1 N–H and O–H groups in total. The zero-order valence-corrected chi connectivity index (χ0v) is 23.6. The molecule has 0 radical (unpaired) electrons. The normalized spacial score (nSPS) is 11.6. The number of carbonyl (C=O) groups is 2. The summed E-state index contributed by atoms with van der Waals surface area (Å²) in [5, 5.41) is 3.74. The van der Waals surface area contributed by atoms with Gasteiger partial charge < -0.3 is 10.2 Å². The summed E-state index contributed by atoms with van der Waals surface area (Å²) in [5.41, 5.74) is 3.06. The van der Waals surface area contributed by atoms with Crippen molar-refractivity contribution in [3.63, 3.8) is 0 Å². The number of carbonyl (C=O) groups excluding carboxylic acids is 2. The number of nitrogens with zero attached hydrogens (tertiary/aromatic N) is 1. The van der Waals surface area contributed by atoms with Crippen molar-refractivity contribution in [1.29, 1.82) is 0 Å². The molecule has 0 aliphatic rings. The van der Waals surface area contributed by atoms with E-state index in [1.165, 1.54) is 11.8 Å². The van der Waals surface area contributed by atoms with Crippen molar-refractivity contribution < 1.29 is 9.59 Å². The van der Waals surface area contributed by atoms with Gasteiger partial charge in [-0.05, 0) is 47.4 Å². The molecule has 0 aromatic heterocycles. The summed E-state index contributed by atoms with van der Waals surface area (Å²) < 4.78 is 0.940. The maximum atomic E-state index is 13.6. The number of rotatable bonds is 13. The Morgan fingerprint density at radius 1 is 0.972 bits per heavy atom. The third-order valence-corrected chi connectivity index (χ3v) is 7.44. The monoisotopic (exact) mass is 586 g/mol. The lowest BCUT2D eigenvalue weighted by Gasteiger charge is -2.31. The fourth-order valence-corrected chi connectivity index (χ4v) is 5.38. The number of halogens is 2. The third kappa shape index (κ3) is 9.30. The van der Waals surface area contributed by atoms with Crippen LogP contribution in [0.3, 0.4) is 0 Å². The molecule has 3 aromatic carbocycles. The van der Waals surface area contributed by atoms with Crippen LogP contribution in [0, 0.1) is 0 Å². The van der Waals surface area contributed by atoms with Crippen molar-refractivity contribution in [2.24, 2.45) is 0 Å².